The molecule has 0 aliphatic heterocycles. The van der Waals surface area contributed by atoms with Crippen LogP contribution in [0.1, 0.15) is 30.0 Å². The number of nitro benzene ring substituents is 1. The van der Waals surface area contributed by atoms with E-state index in [4.69, 9.17) is 16.1 Å². The number of benzene rings is 1. The normalized spacial score (nSPS) is 12.2. The molecule has 0 amide bonds. The highest BCUT2D eigenvalue weighted by Crippen LogP contribution is 2.32. The summed E-state index contributed by atoms with van der Waals surface area (Å²) >= 11 is 5.90. The number of aryl methyl sites for hydroxylation is 2. The third kappa shape index (κ3) is 2.75. The highest BCUT2D eigenvalue weighted by Gasteiger charge is 2.20. The van der Waals surface area contributed by atoms with Crippen molar-refractivity contribution in [2.75, 3.05) is 5.32 Å². The highest BCUT2D eigenvalue weighted by molar-refractivity contribution is 6.31. The van der Waals surface area contributed by atoms with Gasteiger partial charge in [-0.3, -0.25) is 10.1 Å². The van der Waals surface area contributed by atoms with Crippen molar-refractivity contribution in [1.82, 2.24) is 5.16 Å². The summed E-state index contributed by atoms with van der Waals surface area (Å²) in [5.74, 6) is 0.687. The summed E-state index contributed by atoms with van der Waals surface area (Å²) in [6.07, 6.45) is 0. The second-order valence-corrected chi connectivity index (χ2v) is 4.96. The first-order chi connectivity index (χ1) is 9.40. The lowest BCUT2D eigenvalue weighted by molar-refractivity contribution is -0.384. The summed E-state index contributed by atoms with van der Waals surface area (Å²) < 4.78 is 5.11. The predicted molar refractivity (Wildman–Crippen MR) is 76.1 cm³/mol. The third-order valence-electron chi connectivity index (χ3n) is 3.05. The van der Waals surface area contributed by atoms with E-state index in [1.165, 1.54) is 18.2 Å². The second-order valence-electron chi connectivity index (χ2n) is 4.52. The van der Waals surface area contributed by atoms with Crippen LogP contribution < -0.4 is 5.32 Å². The van der Waals surface area contributed by atoms with E-state index in [2.05, 4.69) is 10.5 Å². The van der Waals surface area contributed by atoms with E-state index in [9.17, 15) is 10.1 Å². The number of nitrogens with one attached hydrogen (secondary N) is 1. The summed E-state index contributed by atoms with van der Waals surface area (Å²) in [4.78, 5) is 10.6. The van der Waals surface area contributed by atoms with Gasteiger partial charge < -0.3 is 9.84 Å². The van der Waals surface area contributed by atoms with Gasteiger partial charge in [0.15, 0.2) is 0 Å². The zero-order valence-electron chi connectivity index (χ0n) is 11.3. The molecule has 106 valence electrons. The van der Waals surface area contributed by atoms with Gasteiger partial charge >= 0.3 is 0 Å². The van der Waals surface area contributed by atoms with E-state index in [1.807, 2.05) is 13.8 Å². The van der Waals surface area contributed by atoms with Crippen LogP contribution in [0.3, 0.4) is 0 Å². The molecule has 0 fully saturated rings. The fourth-order valence-electron chi connectivity index (χ4n) is 2.20. The van der Waals surface area contributed by atoms with Crippen molar-refractivity contribution in [3.63, 3.8) is 0 Å². The Morgan fingerprint density at radius 1 is 1.45 bits per heavy atom. The van der Waals surface area contributed by atoms with Crippen molar-refractivity contribution in [3.05, 3.63) is 50.4 Å². The number of nitro groups is 1. The van der Waals surface area contributed by atoms with Crippen LogP contribution in [0.4, 0.5) is 11.4 Å². The lowest BCUT2D eigenvalue weighted by Crippen LogP contribution is -2.10. The molecule has 1 aromatic carbocycles. The van der Waals surface area contributed by atoms with Gasteiger partial charge in [0.05, 0.1) is 16.7 Å². The van der Waals surface area contributed by atoms with Crippen LogP contribution in [0, 0.1) is 24.0 Å². The van der Waals surface area contributed by atoms with Crippen molar-refractivity contribution in [2.24, 2.45) is 0 Å². The Morgan fingerprint density at radius 3 is 2.70 bits per heavy atom. The smallest absolute Gasteiger partial charge is 0.292 e. The van der Waals surface area contributed by atoms with Gasteiger partial charge in [-0.2, -0.15) is 0 Å². The minimum Gasteiger partial charge on any atom is -0.373 e. The molecule has 1 unspecified atom stereocenters. The molecule has 0 spiro atoms. The van der Waals surface area contributed by atoms with Crippen molar-refractivity contribution >= 4 is 23.0 Å². The zero-order valence-corrected chi connectivity index (χ0v) is 12.1. The molecule has 0 saturated heterocycles. The van der Waals surface area contributed by atoms with Crippen molar-refractivity contribution < 1.29 is 9.45 Å². The maximum atomic E-state index is 11.0. The quantitative estimate of drug-likeness (QED) is 0.680. The molecular weight excluding hydrogens is 282 g/mol. The van der Waals surface area contributed by atoms with Crippen molar-refractivity contribution in [2.45, 2.75) is 26.8 Å². The molecule has 2 aromatic rings. The number of hydrogen-bond donors (Lipinski definition) is 1. The first kappa shape index (κ1) is 14.3. The monoisotopic (exact) mass is 295 g/mol. The summed E-state index contributed by atoms with van der Waals surface area (Å²) in [6, 6.07) is 4.23. The molecule has 1 N–H and O–H groups in total. The Bertz CT molecular complexity index is 635. The molecule has 0 bridgehead atoms. The first-order valence-electron chi connectivity index (χ1n) is 6.03. The Hall–Kier alpha value is -2.08. The lowest BCUT2D eigenvalue weighted by atomic mass is 10.1. The fraction of sp³-hybridized carbons (Fsp3) is 0.308. The van der Waals surface area contributed by atoms with Crippen LogP contribution >= 0.6 is 11.6 Å². The average Bonchev–Trinajstić information content (AvgIpc) is 2.68. The number of rotatable bonds is 4. The Kier molecular flexibility index (Phi) is 3.94. The van der Waals surface area contributed by atoms with Gasteiger partial charge in [-0.15, -0.1) is 0 Å². The molecule has 7 heteroatoms. The van der Waals surface area contributed by atoms with Crippen LogP contribution in [0.2, 0.25) is 5.02 Å². The molecule has 20 heavy (non-hydrogen) atoms. The Balaban J connectivity index is 2.35. The maximum absolute atomic E-state index is 11.0. The first-order valence-corrected chi connectivity index (χ1v) is 6.41. The summed E-state index contributed by atoms with van der Waals surface area (Å²) in [6.45, 7) is 5.52. The molecule has 6 nitrogen and oxygen atoms in total. The van der Waals surface area contributed by atoms with Crippen LogP contribution in [0.5, 0.6) is 0 Å². The van der Waals surface area contributed by atoms with Gasteiger partial charge in [0.25, 0.3) is 5.69 Å². The summed E-state index contributed by atoms with van der Waals surface area (Å²) in [5.41, 5.74) is 1.99. The van der Waals surface area contributed by atoms with E-state index in [-0.39, 0.29) is 11.7 Å². The van der Waals surface area contributed by atoms with Crippen LogP contribution in [-0.4, -0.2) is 10.1 Å². The third-order valence-corrected chi connectivity index (χ3v) is 3.28. The molecule has 1 heterocycles. The molecule has 2 rings (SSSR count). The van der Waals surface area contributed by atoms with E-state index in [0.717, 1.165) is 11.3 Å². The average molecular weight is 296 g/mol. The van der Waals surface area contributed by atoms with E-state index >= 15 is 0 Å². The van der Waals surface area contributed by atoms with Gasteiger partial charge in [0.2, 0.25) is 0 Å². The maximum Gasteiger partial charge on any atom is 0.292 e. The second kappa shape index (κ2) is 5.50. The Labute approximate surface area is 120 Å². The number of nitrogens with zero attached hydrogens (tertiary/aromatic N) is 2. The number of anilines is 1. The van der Waals surface area contributed by atoms with Gasteiger partial charge in [0, 0.05) is 16.7 Å². The molecule has 0 saturated carbocycles. The SMILES string of the molecule is Cc1noc(C)c1C(C)Nc1cc(Cl)ccc1[N+](=O)[O-]. The van der Waals surface area contributed by atoms with E-state index < -0.39 is 4.92 Å². The summed E-state index contributed by atoms with van der Waals surface area (Å²) in [7, 11) is 0. The standard InChI is InChI=1S/C13H14ClN3O3/c1-7(13-8(2)16-20-9(13)3)15-11-6-10(14)4-5-12(11)17(18)19/h4-7,15H,1-3H3. The summed E-state index contributed by atoms with van der Waals surface area (Å²) in [5, 5.41) is 18.4. The minimum atomic E-state index is -0.446. The molecule has 0 radical (unpaired) electrons. The minimum absolute atomic E-state index is 0.0204. The number of hydrogen-bond acceptors (Lipinski definition) is 5. The molecular formula is C13H14ClN3O3. The van der Waals surface area contributed by atoms with Crippen LogP contribution in [-0.2, 0) is 0 Å². The van der Waals surface area contributed by atoms with E-state index in [1.54, 1.807) is 6.92 Å². The molecule has 1 aromatic heterocycles. The molecule has 1 atom stereocenters. The number of aromatic nitrogens is 1. The topological polar surface area (TPSA) is 81.2 Å². The lowest BCUT2D eigenvalue weighted by Gasteiger charge is -2.15. The largest absolute Gasteiger partial charge is 0.373 e. The zero-order chi connectivity index (χ0) is 14.9. The highest BCUT2D eigenvalue weighted by atomic mass is 35.5. The predicted octanol–water partition coefficient (Wildman–Crippen LogP) is 4.03. The van der Waals surface area contributed by atoms with Crippen LogP contribution in [0.15, 0.2) is 22.7 Å². The number of halogens is 1. The van der Waals surface area contributed by atoms with Crippen molar-refractivity contribution in [1.29, 1.82) is 0 Å². The Morgan fingerprint density at radius 2 is 2.15 bits per heavy atom. The van der Waals surface area contributed by atoms with Gasteiger partial charge in [-0.05, 0) is 32.9 Å². The van der Waals surface area contributed by atoms with Gasteiger partial charge in [-0.1, -0.05) is 16.8 Å². The van der Waals surface area contributed by atoms with Gasteiger partial charge in [-0.25, -0.2) is 0 Å². The van der Waals surface area contributed by atoms with Crippen molar-refractivity contribution in [3.8, 4) is 0 Å². The fourth-order valence-corrected chi connectivity index (χ4v) is 2.37. The molecule has 0 aliphatic rings. The van der Waals surface area contributed by atoms with Crippen LogP contribution in [0.25, 0.3) is 0 Å². The van der Waals surface area contributed by atoms with Gasteiger partial charge in [0.1, 0.15) is 11.4 Å². The molecule has 0 aliphatic carbocycles. The van der Waals surface area contributed by atoms with E-state index in [0.29, 0.717) is 16.5 Å².